The Labute approximate surface area is 94.4 Å². The van der Waals surface area contributed by atoms with Crippen molar-refractivity contribution in [3.8, 4) is 0 Å². The molecule has 16 heavy (non-hydrogen) atoms. The molecule has 2 heterocycles. The molecular weight excluding hydrogens is 200 g/mol. The Hall–Kier alpha value is -1.90. The predicted octanol–water partition coefficient (Wildman–Crippen LogP) is 2.64. The lowest BCUT2D eigenvalue weighted by atomic mass is 10.1. The van der Waals surface area contributed by atoms with Crippen LogP contribution >= 0.6 is 0 Å². The van der Waals surface area contributed by atoms with E-state index in [-0.39, 0.29) is 5.78 Å². The summed E-state index contributed by atoms with van der Waals surface area (Å²) in [6, 6.07) is 5.86. The highest BCUT2D eigenvalue weighted by molar-refractivity contribution is 5.97. The van der Waals surface area contributed by atoms with E-state index >= 15 is 0 Å². The Balaban J connectivity index is 2.64. The first-order chi connectivity index (χ1) is 7.59. The normalized spacial score (nSPS) is 12.1. The van der Waals surface area contributed by atoms with Crippen LogP contribution in [0.4, 0.5) is 0 Å². The minimum absolute atomic E-state index is 0.0882. The molecule has 0 unspecified atom stereocenters. The standard InChI is InChI=1S/C13H14N2O/c1-9(11(3)16)8-12-10(2)14-13-6-4-5-7-15(12)13/h4-8H,1-3H3/b9-8-. The topological polar surface area (TPSA) is 34.4 Å². The highest BCUT2D eigenvalue weighted by Gasteiger charge is 2.06. The molecule has 0 bridgehead atoms. The molecule has 0 N–H and O–H groups in total. The molecule has 3 heteroatoms. The van der Waals surface area contributed by atoms with Gasteiger partial charge in [0.1, 0.15) is 5.65 Å². The molecule has 0 spiro atoms. The molecule has 82 valence electrons. The second-order valence-electron chi connectivity index (χ2n) is 3.89. The fraction of sp³-hybridized carbons (Fsp3) is 0.231. The van der Waals surface area contributed by atoms with Crippen molar-refractivity contribution in [3.05, 3.63) is 41.4 Å². The number of rotatable bonds is 2. The minimum Gasteiger partial charge on any atom is -0.300 e. The molecule has 2 aromatic heterocycles. The third-order valence-electron chi connectivity index (χ3n) is 2.66. The Kier molecular flexibility index (Phi) is 2.60. The number of aryl methyl sites for hydroxylation is 1. The molecule has 0 saturated carbocycles. The summed E-state index contributed by atoms with van der Waals surface area (Å²) in [5.41, 5.74) is 3.56. The van der Waals surface area contributed by atoms with Crippen LogP contribution in [0.1, 0.15) is 25.2 Å². The molecule has 0 aliphatic carbocycles. The average Bonchev–Trinajstić information content (AvgIpc) is 2.55. The number of hydrogen-bond acceptors (Lipinski definition) is 2. The Morgan fingerprint density at radius 2 is 2.12 bits per heavy atom. The number of pyridine rings is 1. The van der Waals surface area contributed by atoms with Crippen molar-refractivity contribution in [2.75, 3.05) is 0 Å². The van der Waals surface area contributed by atoms with Crippen LogP contribution in [-0.2, 0) is 4.79 Å². The highest BCUT2D eigenvalue weighted by Crippen LogP contribution is 2.15. The molecule has 0 aromatic carbocycles. The van der Waals surface area contributed by atoms with Gasteiger partial charge in [-0.2, -0.15) is 0 Å². The summed E-state index contributed by atoms with van der Waals surface area (Å²) in [6.45, 7) is 5.35. The van der Waals surface area contributed by atoms with Crippen LogP contribution in [0.15, 0.2) is 30.0 Å². The fourth-order valence-corrected chi connectivity index (χ4v) is 1.61. The monoisotopic (exact) mass is 214 g/mol. The lowest BCUT2D eigenvalue weighted by Crippen LogP contribution is -1.93. The van der Waals surface area contributed by atoms with Crippen molar-refractivity contribution in [1.82, 2.24) is 9.38 Å². The number of nitrogens with zero attached hydrogens (tertiary/aromatic N) is 2. The summed E-state index contributed by atoms with van der Waals surface area (Å²) >= 11 is 0. The predicted molar refractivity (Wildman–Crippen MR) is 64.3 cm³/mol. The van der Waals surface area contributed by atoms with Crippen LogP contribution < -0.4 is 0 Å². The van der Waals surface area contributed by atoms with Gasteiger partial charge in [-0.25, -0.2) is 4.98 Å². The minimum atomic E-state index is 0.0882. The van der Waals surface area contributed by atoms with Crippen molar-refractivity contribution in [1.29, 1.82) is 0 Å². The number of imidazole rings is 1. The zero-order valence-electron chi connectivity index (χ0n) is 9.69. The number of allylic oxidation sites excluding steroid dienone is 1. The second-order valence-corrected chi connectivity index (χ2v) is 3.89. The van der Waals surface area contributed by atoms with Crippen LogP contribution in [-0.4, -0.2) is 15.2 Å². The van der Waals surface area contributed by atoms with E-state index in [0.29, 0.717) is 0 Å². The first kappa shape index (κ1) is 10.6. The van der Waals surface area contributed by atoms with Gasteiger partial charge < -0.3 is 0 Å². The van der Waals surface area contributed by atoms with E-state index in [1.165, 1.54) is 0 Å². The fourth-order valence-electron chi connectivity index (χ4n) is 1.61. The summed E-state index contributed by atoms with van der Waals surface area (Å²) in [6.07, 6.45) is 3.84. The maximum absolute atomic E-state index is 11.2. The van der Waals surface area contributed by atoms with Crippen LogP contribution in [0.3, 0.4) is 0 Å². The van der Waals surface area contributed by atoms with Crippen LogP contribution in [0.2, 0.25) is 0 Å². The Morgan fingerprint density at radius 3 is 2.81 bits per heavy atom. The number of carbonyl (C=O) groups is 1. The second kappa shape index (κ2) is 3.93. The molecule has 0 aliphatic rings. The van der Waals surface area contributed by atoms with Crippen LogP contribution in [0.5, 0.6) is 0 Å². The number of carbonyl (C=O) groups excluding carboxylic acids is 1. The van der Waals surface area contributed by atoms with Gasteiger partial charge in [0.2, 0.25) is 0 Å². The van der Waals surface area contributed by atoms with Crippen molar-refractivity contribution in [2.45, 2.75) is 20.8 Å². The average molecular weight is 214 g/mol. The first-order valence-electron chi connectivity index (χ1n) is 5.22. The van der Waals surface area contributed by atoms with Gasteiger partial charge >= 0.3 is 0 Å². The summed E-state index contributed by atoms with van der Waals surface area (Å²) in [4.78, 5) is 15.7. The molecule has 0 amide bonds. The maximum atomic E-state index is 11.2. The van der Waals surface area contributed by atoms with Crippen LogP contribution in [0, 0.1) is 6.92 Å². The van der Waals surface area contributed by atoms with Gasteiger partial charge in [0.05, 0.1) is 11.4 Å². The highest BCUT2D eigenvalue weighted by atomic mass is 16.1. The van der Waals surface area contributed by atoms with Gasteiger partial charge in [-0.3, -0.25) is 9.20 Å². The molecule has 0 saturated heterocycles. The van der Waals surface area contributed by atoms with Gasteiger partial charge in [0, 0.05) is 6.20 Å². The van der Waals surface area contributed by atoms with Gasteiger partial charge in [0.15, 0.2) is 5.78 Å². The van der Waals surface area contributed by atoms with Gasteiger partial charge in [-0.15, -0.1) is 0 Å². The maximum Gasteiger partial charge on any atom is 0.155 e. The molecule has 2 rings (SSSR count). The van der Waals surface area contributed by atoms with Gasteiger partial charge in [0.25, 0.3) is 0 Å². The van der Waals surface area contributed by atoms with Crippen molar-refractivity contribution in [3.63, 3.8) is 0 Å². The SMILES string of the molecule is CC(=O)/C(C)=C\c1c(C)nc2ccccn12. The largest absolute Gasteiger partial charge is 0.300 e. The van der Waals surface area contributed by atoms with E-state index in [1.807, 2.05) is 48.7 Å². The Morgan fingerprint density at radius 1 is 1.38 bits per heavy atom. The number of hydrogen-bond donors (Lipinski definition) is 0. The zero-order chi connectivity index (χ0) is 11.7. The molecular formula is C13H14N2O. The molecule has 0 aliphatic heterocycles. The molecule has 0 radical (unpaired) electrons. The number of aromatic nitrogens is 2. The van der Waals surface area contributed by atoms with Gasteiger partial charge in [-0.05, 0) is 44.6 Å². The number of ketones is 1. The molecule has 0 fully saturated rings. The summed E-state index contributed by atoms with van der Waals surface area (Å²) in [5.74, 6) is 0.0882. The first-order valence-corrected chi connectivity index (χ1v) is 5.22. The smallest absolute Gasteiger partial charge is 0.155 e. The van der Waals surface area contributed by atoms with E-state index in [2.05, 4.69) is 4.98 Å². The molecule has 3 nitrogen and oxygen atoms in total. The zero-order valence-corrected chi connectivity index (χ0v) is 9.69. The summed E-state index contributed by atoms with van der Waals surface area (Å²) in [5, 5.41) is 0. The molecule has 2 aromatic rings. The number of Topliss-reactive ketones (excluding diaryl/α,β-unsaturated/α-hetero) is 1. The quantitative estimate of drug-likeness (QED) is 0.720. The van der Waals surface area contributed by atoms with Crippen molar-refractivity contribution in [2.24, 2.45) is 0 Å². The van der Waals surface area contributed by atoms with Crippen molar-refractivity contribution >= 4 is 17.5 Å². The van der Waals surface area contributed by atoms with E-state index in [1.54, 1.807) is 6.92 Å². The molecule has 0 atom stereocenters. The third-order valence-corrected chi connectivity index (χ3v) is 2.66. The van der Waals surface area contributed by atoms with E-state index < -0.39 is 0 Å². The third kappa shape index (κ3) is 1.76. The number of fused-ring (bicyclic) bond motifs is 1. The lowest BCUT2D eigenvalue weighted by Gasteiger charge is -1.98. The van der Waals surface area contributed by atoms with E-state index in [4.69, 9.17) is 0 Å². The van der Waals surface area contributed by atoms with E-state index in [9.17, 15) is 4.79 Å². The summed E-state index contributed by atoms with van der Waals surface area (Å²) in [7, 11) is 0. The lowest BCUT2D eigenvalue weighted by molar-refractivity contribution is -0.113. The van der Waals surface area contributed by atoms with Crippen molar-refractivity contribution < 1.29 is 4.79 Å². The Bertz CT molecular complexity index is 579. The van der Waals surface area contributed by atoms with Gasteiger partial charge in [-0.1, -0.05) is 6.07 Å². The van der Waals surface area contributed by atoms with Crippen LogP contribution in [0.25, 0.3) is 11.7 Å². The summed E-state index contributed by atoms with van der Waals surface area (Å²) < 4.78 is 1.99. The van der Waals surface area contributed by atoms with E-state index in [0.717, 1.165) is 22.6 Å².